The molecule has 0 fully saturated rings. The quantitative estimate of drug-likeness (QED) is 0.0217. The number of hydrogen-bond acceptors (Lipinski definition) is 7. The number of phosphoric ester groups is 1. The monoisotopic (exact) mass is 676 g/mol. The molecule has 0 heterocycles. The number of phosphoric acid groups is 1. The van der Waals surface area contributed by atoms with Crippen molar-refractivity contribution in [3.05, 3.63) is 12.2 Å². The van der Waals surface area contributed by atoms with Crippen molar-refractivity contribution in [1.29, 1.82) is 0 Å². The summed E-state index contributed by atoms with van der Waals surface area (Å²) in [7, 11) is 1.36. The van der Waals surface area contributed by atoms with Gasteiger partial charge in [-0.25, -0.2) is 0 Å². The number of carbonyl (C=O) groups is 1. The average molecular weight is 676 g/mol. The molecule has 0 saturated carbocycles. The minimum Gasteiger partial charge on any atom is -0.756 e. The number of unbranched alkanes of at least 4 members (excludes halogenated alkanes) is 19. The molecule has 0 aliphatic heterocycles. The fraction of sp³-hybridized carbons (Fsp3) is 0.919. The Morgan fingerprint density at radius 3 is 1.65 bits per heavy atom. The van der Waals surface area contributed by atoms with E-state index in [9.17, 15) is 14.3 Å². The Bertz CT molecular complexity index is 756. The molecule has 274 valence electrons. The molecule has 0 aromatic heterocycles. The van der Waals surface area contributed by atoms with Crippen molar-refractivity contribution in [3.63, 3.8) is 0 Å². The van der Waals surface area contributed by atoms with Crippen LogP contribution in [-0.4, -0.2) is 70.7 Å². The van der Waals surface area contributed by atoms with E-state index < -0.39 is 13.9 Å². The zero-order valence-electron chi connectivity index (χ0n) is 30.8. The zero-order valence-corrected chi connectivity index (χ0v) is 31.7. The number of nitrogens with zero attached hydrogens (tertiary/aromatic N) is 1. The van der Waals surface area contributed by atoms with Gasteiger partial charge < -0.3 is 27.9 Å². The molecule has 0 bridgehead atoms. The largest absolute Gasteiger partial charge is 0.756 e. The molecule has 0 aliphatic carbocycles. The van der Waals surface area contributed by atoms with Gasteiger partial charge >= 0.3 is 5.97 Å². The number of quaternary nitrogens is 1. The maximum absolute atomic E-state index is 12.5. The topological polar surface area (TPSA) is 94.1 Å². The van der Waals surface area contributed by atoms with Crippen LogP contribution in [0.1, 0.15) is 162 Å². The molecule has 0 aliphatic rings. The van der Waals surface area contributed by atoms with E-state index in [-0.39, 0.29) is 25.8 Å². The second kappa shape index (κ2) is 31.5. The van der Waals surface area contributed by atoms with Gasteiger partial charge in [-0.3, -0.25) is 9.36 Å². The molecule has 0 spiro atoms. The van der Waals surface area contributed by atoms with E-state index in [1.165, 1.54) is 109 Å². The summed E-state index contributed by atoms with van der Waals surface area (Å²) >= 11 is 0. The van der Waals surface area contributed by atoms with Crippen molar-refractivity contribution in [3.8, 4) is 0 Å². The van der Waals surface area contributed by atoms with Gasteiger partial charge in [0.2, 0.25) is 0 Å². The molecule has 0 aromatic rings. The lowest BCUT2D eigenvalue weighted by molar-refractivity contribution is -0.870. The van der Waals surface area contributed by atoms with Crippen LogP contribution in [0.3, 0.4) is 0 Å². The summed E-state index contributed by atoms with van der Waals surface area (Å²) in [4.78, 5) is 24.8. The fourth-order valence-corrected chi connectivity index (χ4v) is 5.80. The van der Waals surface area contributed by atoms with Gasteiger partial charge in [-0.15, -0.1) is 0 Å². The van der Waals surface area contributed by atoms with E-state index >= 15 is 0 Å². The molecule has 2 atom stereocenters. The number of allylic oxidation sites excluding steroid dienone is 2. The zero-order chi connectivity index (χ0) is 34.2. The molecular formula is C37H74NO7P. The molecule has 0 radical (unpaired) electrons. The number of esters is 1. The molecule has 9 heteroatoms. The van der Waals surface area contributed by atoms with Crippen molar-refractivity contribution in [1.82, 2.24) is 0 Å². The van der Waals surface area contributed by atoms with Gasteiger partial charge in [0, 0.05) is 13.0 Å². The van der Waals surface area contributed by atoms with Crippen LogP contribution < -0.4 is 4.89 Å². The Hall–Kier alpha value is -0.760. The average Bonchev–Trinajstić information content (AvgIpc) is 2.99. The first-order valence-corrected chi connectivity index (χ1v) is 20.4. The third-order valence-corrected chi connectivity index (χ3v) is 9.03. The first-order chi connectivity index (χ1) is 22.1. The smallest absolute Gasteiger partial charge is 0.306 e. The Labute approximate surface area is 284 Å². The van der Waals surface area contributed by atoms with Crippen LogP contribution in [0.25, 0.3) is 0 Å². The molecule has 0 saturated heterocycles. The van der Waals surface area contributed by atoms with Gasteiger partial charge in [-0.2, -0.15) is 0 Å². The Morgan fingerprint density at radius 2 is 1.13 bits per heavy atom. The van der Waals surface area contributed by atoms with Gasteiger partial charge in [0.15, 0.2) is 0 Å². The summed E-state index contributed by atoms with van der Waals surface area (Å²) in [6.07, 6.45) is 30.7. The van der Waals surface area contributed by atoms with Gasteiger partial charge in [-0.1, -0.05) is 129 Å². The van der Waals surface area contributed by atoms with Crippen LogP contribution in [0.15, 0.2) is 12.2 Å². The summed E-state index contributed by atoms with van der Waals surface area (Å²) in [5.74, 6) is -0.339. The lowest BCUT2D eigenvalue weighted by atomic mass is 10.1. The van der Waals surface area contributed by atoms with Crippen LogP contribution in [0.2, 0.25) is 0 Å². The van der Waals surface area contributed by atoms with Gasteiger partial charge in [-0.05, 0) is 38.5 Å². The van der Waals surface area contributed by atoms with E-state index in [1.807, 2.05) is 21.1 Å². The number of carbonyl (C=O) groups excluding carboxylic acids is 1. The van der Waals surface area contributed by atoms with E-state index in [0.717, 1.165) is 32.1 Å². The van der Waals surface area contributed by atoms with E-state index in [1.54, 1.807) is 0 Å². The van der Waals surface area contributed by atoms with Crippen molar-refractivity contribution in [2.45, 2.75) is 168 Å². The summed E-state index contributed by atoms with van der Waals surface area (Å²) in [5, 5.41) is 0. The highest BCUT2D eigenvalue weighted by atomic mass is 31.2. The lowest BCUT2D eigenvalue weighted by Crippen LogP contribution is -2.37. The number of likely N-dealkylation sites (N-methyl/N-ethyl adjacent to an activating group) is 1. The summed E-state index contributed by atoms with van der Waals surface area (Å²) in [5.41, 5.74) is 0. The predicted molar refractivity (Wildman–Crippen MR) is 190 cm³/mol. The third kappa shape index (κ3) is 34.6. The third-order valence-electron chi connectivity index (χ3n) is 8.07. The summed E-state index contributed by atoms with van der Waals surface area (Å²) < 4.78 is 34.4. The highest BCUT2D eigenvalue weighted by Crippen LogP contribution is 2.38. The first-order valence-electron chi connectivity index (χ1n) is 18.9. The number of ether oxygens (including phenoxy) is 2. The standard InChI is InChI=1S/C37H74NO7P/c1-6-8-10-12-14-16-17-18-19-20-21-23-25-27-29-32-42-34-36(35-44-46(40,41)43-33-31-38(3,4)5)45-37(39)30-28-26-24-22-15-13-11-9-7-2/h17-18,36H,6-16,19-35H2,1-5H3/b18-17-. The van der Waals surface area contributed by atoms with Crippen LogP contribution in [0.4, 0.5) is 0 Å². The SMILES string of the molecule is CCCCCCC/C=C\CCCCCCCCOCC(COP(=O)([O-])OCC[N+](C)(C)C)OC(=O)CCCCCCCCCCC. The van der Waals surface area contributed by atoms with E-state index in [0.29, 0.717) is 24.1 Å². The minimum absolute atomic E-state index is 0.0275. The second-order valence-corrected chi connectivity index (χ2v) is 15.4. The first kappa shape index (κ1) is 45.2. The van der Waals surface area contributed by atoms with E-state index in [4.69, 9.17) is 18.5 Å². The van der Waals surface area contributed by atoms with Crippen molar-refractivity contribution in [2.75, 3.05) is 54.1 Å². The summed E-state index contributed by atoms with van der Waals surface area (Å²) in [6, 6.07) is 0. The Balaban J connectivity index is 4.26. The normalized spacial score (nSPS) is 14.1. The maximum Gasteiger partial charge on any atom is 0.306 e. The van der Waals surface area contributed by atoms with Gasteiger partial charge in [0.05, 0.1) is 34.4 Å². The fourth-order valence-electron chi connectivity index (χ4n) is 5.07. The number of rotatable bonds is 35. The van der Waals surface area contributed by atoms with Crippen LogP contribution in [-0.2, 0) is 27.9 Å². The maximum atomic E-state index is 12.5. The molecule has 0 amide bonds. The van der Waals surface area contributed by atoms with Crippen LogP contribution in [0, 0.1) is 0 Å². The highest BCUT2D eigenvalue weighted by molar-refractivity contribution is 7.45. The lowest BCUT2D eigenvalue weighted by Gasteiger charge is -2.28. The second-order valence-electron chi connectivity index (χ2n) is 13.9. The van der Waals surface area contributed by atoms with Gasteiger partial charge in [0.25, 0.3) is 7.82 Å². The predicted octanol–water partition coefficient (Wildman–Crippen LogP) is 9.69. The van der Waals surface area contributed by atoms with Crippen molar-refractivity contribution >= 4 is 13.8 Å². The number of hydrogen-bond donors (Lipinski definition) is 0. The molecule has 8 nitrogen and oxygen atoms in total. The molecule has 0 aromatic carbocycles. The Kier molecular flexibility index (Phi) is 31.0. The molecular weight excluding hydrogens is 601 g/mol. The molecule has 46 heavy (non-hydrogen) atoms. The molecule has 0 rings (SSSR count). The molecule has 0 N–H and O–H groups in total. The minimum atomic E-state index is -4.51. The van der Waals surface area contributed by atoms with Crippen molar-refractivity contribution in [2.24, 2.45) is 0 Å². The van der Waals surface area contributed by atoms with E-state index in [2.05, 4.69) is 26.0 Å². The Morgan fingerprint density at radius 1 is 0.652 bits per heavy atom. The molecule has 2 unspecified atom stereocenters. The summed E-state index contributed by atoms with van der Waals surface area (Å²) in [6.45, 7) is 5.37. The highest BCUT2D eigenvalue weighted by Gasteiger charge is 2.20. The van der Waals surface area contributed by atoms with Crippen LogP contribution >= 0.6 is 7.82 Å². The van der Waals surface area contributed by atoms with Gasteiger partial charge in [0.1, 0.15) is 19.3 Å². The van der Waals surface area contributed by atoms with Crippen LogP contribution in [0.5, 0.6) is 0 Å². The van der Waals surface area contributed by atoms with Crippen molar-refractivity contribution < 1.29 is 37.3 Å².